The number of rotatable bonds is 1. The number of ketones is 1. The van der Waals surface area contributed by atoms with Gasteiger partial charge in [-0.1, -0.05) is 24.3 Å². The summed E-state index contributed by atoms with van der Waals surface area (Å²) in [5.74, 6) is 0.267. The summed E-state index contributed by atoms with van der Waals surface area (Å²) in [7, 11) is 0. The molecule has 1 aromatic rings. The lowest BCUT2D eigenvalue weighted by Gasteiger charge is -2.35. The minimum absolute atomic E-state index is 0.0154. The summed E-state index contributed by atoms with van der Waals surface area (Å²) in [6.07, 6.45) is 6.79. The molecule has 1 heterocycles. The first kappa shape index (κ1) is 9.64. The number of nitrogens with zero attached hydrogens (tertiary/aromatic N) is 1. The maximum atomic E-state index is 11.5. The molecule has 3 rings (SSSR count). The standard InChI is InChI=1S/C14H15NO/c16-13-7-9-14(11-13)8-4-10-15(14)12-5-2-1-3-6-12/h1-3,5-7,9H,4,8,10-11H2. The van der Waals surface area contributed by atoms with E-state index in [1.807, 2.05) is 6.07 Å². The van der Waals surface area contributed by atoms with Crippen molar-refractivity contribution in [1.29, 1.82) is 0 Å². The molecule has 1 saturated heterocycles. The molecule has 0 amide bonds. The predicted molar refractivity (Wildman–Crippen MR) is 64.5 cm³/mol. The van der Waals surface area contributed by atoms with Crippen LogP contribution in [-0.4, -0.2) is 17.9 Å². The second-order valence-corrected chi connectivity index (χ2v) is 4.67. The van der Waals surface area contributed by atoms with Crippen LogP contribution in [-0.2, 0) is 4.79 Å². The van der Waals surface area contributed by atoms with Gasteiger partial charge in [0.15, 0.2) is 5.78 Å². The van der Waals surface area contributed by atoms with Crippen LogP contribution in [0.25, 0.3) is 0 Å². The monoisotopic (exact) mass is 213 g/mol. The predicted octanol–water partition coefficient (Wildman–Crippen LogP) is 2.55. The third-order valence-electron chi connectivity index (χ3n) is 3.66. The summed E-state index contributed by atoms with van der Waals surface area (Å²) in [5.41, 5.74) is 1.22. The molecule has 0 radical (unpaired) electrons. The van der Waals surface area contributed by atoms with E-state index < -0.39 is 0 Å². The summed E-state index contributed by atoms with van der Waals surface area (Å²) in [6, 6.07) is 10.4. The molecule has 0 aromatic heterocycles. The molecule has 0 saturated carbocycles. The number of allylic oxidation sites excluding steroid dienone is 1. The lowest BCUT2D eigenvalue weighted by atomic mass is 9.95. The van der Waals surface area contributed by atoms with Crippen LogP contribution in [0.1, 0.15) is 19.3 Å². The first-order chi connectivity index (χ1) is 7.80. The Morgan fingerprint density at radius 2 is 2.00 bits per heavy atom. The molecular formula is C14H15NO. The molecule has 0 N–H and O–H groups in total. The second-order valence-electron chi connectivity index (χ2n) is 4.67. The lowest BCUT2D eigenvalue weighted by Crippen LogP contribution is -2.41. The smallest absolute Gasteiger partial charge is 0.158 e. The number of hydrogen-bond acceptors (Lipinski definition) is 2. The molecule has 1 unspecified atom stereocenters. The molecule has 82 valence electrons. The van der Waals surface area contributed by atoms with E-state index in [1.165, 1.54) is 12.1 Å². The SMILES string of the molecule is O=C1C=CC2(CCCN2c2ccccc2)C1. The van der Waals surface area contributed by atoms with Crippen molar-refractivity contribution in [3.63, 3.8) is 0 Å². The third kappa shape index (κ3) is 1.37. The molecule has 16 heavy (non-hydrogen) atoms. The van der Waals surface area contributed by atoms with Gasteiger partial charge in [0.2, 0.25) is 0 Å². The van der Waals surface area contributed by atoms with Gasteiger partial charge < -0.3 is 4.90 Å². The summed E-state index contributed by atoms with van der Waals surface area (Å²) < 4.78 is 0. The maximum absolute atomic E-state index is 11.5. The highest BCUT2D eigenvalue weighted by molar-refractivity contribution is 5.95. The lowest BCUT2D eigenvalue weighted by molar-refractivity contribution is -0.114. The zero-order valence-electron chi connectivity index (χ0n) is 9.23. The highest BCUT2D eigenvalue weighted by Crippen LogP contribution is 2.40. The van der Waals surface area contributed by atoms with Crippen molar-refractivity contribution in [3.05, 3.63) is 42.5 Å². The average Bonchev–Trinajstić information content (AvgIpc) is 2.88. The van der Waals surface area contributed by atoms with Crippen molar-refractivity contribution in [3.8, 4) is 0 Å². The van der Waals surface area contributed by atoms with Crippen molar-refractivity contribution in [2.24, 2.45) is 0 Å². The van der Waals surface area contributed by atoms with Crippen molar-refractivity contribution < 1.29 is 4.79 Å². The van der Waals surface area contributed by atoms with Gasteiger partial charge >= 0.3 is 0 Å². The van der Waals surface area contributed by atoms with Gasteiger partial charge in [0, 0.05) is 18.7 Å². The van der Waals surface area contributed by atoms with E-state index in [9.17, 15) is 4.79 Å². The van der Waals surface area contributed by atoms with Gasteiger partial charge in [-0.3, -0.25) is 4.79 Å². The molecule has 2 nitrogen and oxygen atoms in total. The summed E-state index contributed by atoms with van der Waals surface area (Å²) >= 11 is 0. The first-order valence-corrected chi connectivity index (χ1v) is 5.85. The summed E-state index contributed by atoms with van der Waals surface area (Å²) in [4.78, 5) is 13.9. The van der Waals surface area contributed by atoms with E-state index in [0.717, 1.165) is 13.0 Å². The Morgan fingerprint density at radius 3 is 2.69 bits per heavy atom. The first-order valence-electron chi connectivity index (χ1n) is 5.85. The van der Waals surface area contributed by atoms with Crippen LogP contribution in [0.15, 0.2) is 42.5 Å². The zero-order chi connectivity index (χ0) is 11.0. The summed E-state index contributed by atoms with van der Waals surface area (Å²) in [6.45, 7) is 1.06. The fourth-order valence-electron chi connectivity index (χ4n) is 2.92. The van der Waals surface area contributed by atoms with Crippen molar-refractivity contribution in [1.82, 2.24) is 0 Å². The molecule has 1 spiro atoms. The molecule has 1 atom stereocenters. The van der Waals surface area contributed by atoms with Gasteiger partial charge in [-0.05, 0) is 31.1 Å². The molecule has 2 heteroatoms. The number of anilines is 1. The Kier molecular flexibility index (Phi) is 2.10. The zero-order valence-corrected chi connectivity index (χ0v) is 9.23. The van der Waals surface area contributed by atoms with Gasteiger partial charge in [0.1, 0.15) is 0 Å². The molecule has 1 aliphatic heterocycles. The highest BCUT2D eigenvalue weighted by atomic mass is 16.1. The fraction of sp³-hybridized carbons (Fsp3) is 0.357. The number of hydrogen-bond donors (Lipinski definition) is 0. The Bertz CT molecular complexity index is 437. The van der Waals surface area contributed by atoms with Crippen LogP contribution in [0.5, 0.6) is 0 Å². The van der Waals surface area contributed by atoms with E-state index in [2.05, 4.69) is 35.2 Å². The normalized spacial score (nSPS) is 28.2. The minimum Gasteiger partial charge on any atom is -0.362 e. The van der Waals surface area contributed by atoms with E-state index in [4.69, 9.17) is 0 Å². The minimum atomic E-state index is -0.0154. The van der Waals surface area contributed by atoms with Gasteiger partial charge in [0.25, 0.3) is 0 Å². The van der Waals surface area contributed by atoms with Crippen molar-refractivity contribution >= 4 is 11.5 Å². The van der Waals surface area contributed by atoms with Gasteiger partial charge in [0.05, 0.1) is 5.54 Å². The van der Waals surface area contributed by atoms with Crippen molar-refractivity contribution in [2.45, 2.75) is 24.8 Å². The molecule has 1 aliphatic carbocycles. The number of benzene rings is 1. The van der Waals surface area contributed by atoms with Crippen LogP contribution in [0.4, 0.5) is 5.69 Å². The maximum Gasteiger partial charge on any atom is 0.158 e. The van der Waals surface area contributed by atoms with Crippen LogP contribution < -0.4 is 4.90 Å². The third-order valence-corrected chi connectivity index (χ3v) is 3.66. The molecule has 1 fully saturated rings. The van der Waals surface area contributed by atoms with E-state index in [1.54, 1.807) is 6.08 Å². The molecule has 1 aromatic carbocycles. The van der Waals surface area contributed by atoms with E-state index >= 15 is 0 Å². The van der Waals surface area contributed by atoms with E-state index in [-0.39, 0.29) is 11.3 Å². The van der Waals surface area contributed by atoms with Crippen LogP contribution in [0.3, 0.4) is 0 Å². The van der Waals surface area contributed by atoms with Crippen molar-refractivity contribution in [2.75, 3.05) is 11.4 Å². The van der Waals surface area contributed by atoms with Crippen LogP contribution in [0, 0.1) is 0 Å². The number of para-hydroxylation sites is 1. The summed E-state index contributed by atoms with van der Waals surface area (Å²) in [5, 5.41) is 0. The largest absolute Gasteiger partial charge is 0.362 e. The highest BCUT2D eigenvalue weighted by Gasteiger charge is 2.42. The topological polar surface area (TPSA) is 20.3 Å². The Hall–Kier alpha value is -1.57. The quantitative estimate of drug-likeness (QED) is 0.714. The van der Waals surface area contributed by atoms with Gasteiger partial charge in [-0.15, -0.1) is 0 Å². The van der Waals surface area contributed by atoms with E-state index in [0.29, 0.717) is 6.42 Å². The van der Waals surface area contributed by atoms with Crippen LogP contribution >= 0.6 is 0 Å². The molecular weight excluding hydrogens is 198 g/mol. The Balaban J connectivity index is 1.96. The van der Waals surface area contributed by atoms with Crippen LogP contribution in [0.2, 0.25) is 0 Å². The number of carbonyl (C=O) groups is 1. The van der Waals surface area contributed by atoms with Gasteiger partial charge in [-0.2, -0.15) is 0 Å². The Labute approximate surface area is 95.6 Å². The molecule has 0 bridgehead atoms. The number of carbonyl (C=O) groups excluding carboxylic acids is 1. The Morgan fingerprint density at radius 1 is 1.19 bits per heavy atom. The van der Waals surface area contributed by atoms with Gasteiger partial charge in [-0.25, -0.2) is 0 Å². The average molecular weight is 213 g/mol. The second kappa shape index (κ2) is 3.48. The molecule has 2 aliphatic rings. The fourth-order valence-corrected chi connectivity index (χ4v) is 2.92.